The minimum Gasteiger partial charge on any atom is -0.309 e. The van der Waals surface area contributed by atoms with E-state index in [2.05, 4.69) is 52.5 Å². The molecule has 3 heteroatoms. The normalized spacial score (nSPS) is 12.5. The number of hydrogen-bond donors (Lipinski definition) is 1. The summed E-state index contributed by atoms with van der Waals surface area (Å²) in [7, 11) is 1.97. The summed E-state index contributed by atoms with van der Waals surface area (Å²) in [5, 5.41) is 4.53. The lowest BCUT2D eigenvalue weighted by Crippen LogP contribution is -2.18. The van der Waals surface area contributed by atoms with Crippen LogP contribution < -0.4 is 5.32 Å². The largest absolute Gasteiger partial charge is 0.309 e. The molecule has 1 atom stereocenters. The molecule has 0 aliphatic carbocycles. The molecule has 0 spiro atoms. The number of aromatic nitrogens is 2. The van der Waals surface area contributed by atoms with E-state index in [9.17, 15) is 0 Å². The van der Waals surface area contributed by atoms with Gasteiger partial charge in [0.2, 0.25) is 0 Å². The van der Waals surface area contributed by atoms with E-state index in [-0.39, 0.29) is 6.04 Å². The molecular formula is C17H17N3. The Bertz CT molecular complexity index is 732. The molecule has 20 heavy (non-hydrogen) atoms. The van der Waals surface area contributed by atoms with Crippen LogP contribution in [0.1, 0.15) is 22.7 Å². The fraction of sp³-hybridized carbons (Fsp3) is 0.176. The first kappa shape index (κ1) is 12.8. The van der Waals surface area contributed by atoms with Crippen molar-refractivity contribution in [3.63, 3.8) is 0 Å². The minimum absolute atomic E-state index is 0.0981. The Morgan fingerprint density at radius 3 is 2.75 bits per heavy atom. The standard InChI is InChI=1S/C17H17N3/c1-12-9-14(11-19-10-12)16(18-2)15-7-3-5-13-6-4-8-20-17(13)15/h3-11,16,18H,1-2H3. The van der Waals surface area contributed by atoms with E-state index in [1.165, 1.54) is 5.56 Å². The predicted molar refractivity (Wildman–Crippen MR) is 81.6 cm³/mol. The maximum atomic E-state index is 4.54. The van der Waals surface area contributed by atoms with Gasteiger partial charge in [0.05, 0.1) is 11.6 Å². The number of rotatable bonds is 3. The van der Waals surface area contributed by atoms with Gasteiger partial charge in [0.1, 0.15) is 0 Å². The molecule has 2 aromatic heterocycles. The molecule has 1 unspecified atom stereocenters. The average Bonchev–Trinajstić information content (AvgIpc) is 2.48. The highest BCUT2D eigenvalue weighted by Gasteiger charge is 2.15. The molecule has 1 N–H and O–H groups in total. The van der Waals surface area contributed by atoms with Crippen molar-refractivity contribution in [2.45, 2.75) is 13.0 Å². The molecule has 0 fully saturated rings. The average molecular weight is 263 g/mol. The molecule has 0 saturated carbocycles. The fourth-order valence-corrected chi connectivity index (χ4v) is 2.60. The number of hydrogen-bond acceptors (Lipinski definition) is 3. The SMILES string of the molecule is CNC(c1cncc(C)c1)c1cccc2cccnc12. The van der Waals surface area contributed by atoms with Crippen LogP contribution >= 0.6 is 0 Å². The van der Waals surface area contributed by atoms with Crippen molar-refractivity contribution >= 4 is 10.9 Å². The van der Waals surface area contributed by atoms with Crippen molar-refractivity contribution in [1.82, 2.24) is 15.3 Å². The summed E-state index contributed by atoms with van der Waals surface area (Å²) in [6, 6.07) is 12.6. The summed E-state index contributed by atoms with van der Waals surface area (Å²) < 4.78 is 0. The van der Waals surface area contributed by atoms with Gasteiger partial charge < -0.3 is 5.32 Å². The van der Waals surface area contributed by atoms with Crippen LogP contribution in [0.5, 0.6) is 0 Å². The zero-order valence-corrected chi connectivity index (χ0v) is 11.7. The fourth-order valence-electron chi connectivity index (χ4n) is 2.60. The third-order valence-electron chi connectivity index (χ3n) is 3.49. The number of pyridine rings is 2. The van der Waals surface area contributed by atoms with Gasteiger partial charge in [-0.15, -0.1) is 0 Å². The topological polar surface area (TPSA) is 37.8 Å². The molecule has 0 bridgehead atoms. The van der Waals surface area contributed by atoms with Crippen molar-refractivity contribution < 1.29 is 0 Å². The second-order valence-electron chi connectivity index (χ2n) is 4.94. The van der Waals surface area contributed by atoms with Crippen LogP contribution in [0.2, 0.25) is 0 Å². The molecule has 0 radical (unpaired) electrons. The first-order valence-corrected chi connectivity index (χ1v) is 6.72. The van der Waals surface area contributed by atoms with E-state index in [0.29, 0.717) is 0 Å². The second-order valence-corrected chi connectivity index (χ2v) is 4.94. The van der Waals surface area contributed by atoms with E-state index >= 15 is 0 Å². The number of aryl methyl sites for hydroxylation is 1. The van der Waals surface area contributed by atoms with Crippen LogP contribution in [0.25, 0.3) is 10.9 Å². The monoisotopic (exact) mass is 263 g/mol. The predicted octanol–water partition coefficient (Wildman–Crippen LogP) is 3.25. The van der Waals surface area contributed by atoms with Gasteiger partial charge in [-0.1, -0.05) is 30.3 Å². The van der Waals surface area contributed by atoms with Gasteiger partial charge in [-0.05, 0) is 36.7 Å². The number of benzene rings is 1. The molecule has 3 aromatic rings. The lowest BCUT2D eigenvalue weighted by molar-refractivity contribution is 0.691. The van der Waals surface area contributed by atoms with Crippen LogP contribution in [0.4, 0.5) is 0 Å². The van der Waals surface area contributed by atoms with E-state index < -0.39 is 0 Å². The van der Waals surface area contributed by atoms with E-state index in [1.807, 2.05) is 31.7 Å². The first-order valence-electron chi connectivity index (χ1n) is 6.72. The zero-order chi connectivity index (χ0) is 13.9. The smallest absolute Gasteiger partial charge is 0.0753 e. The molecule has 2 heterocycles. The summed E-state index contributed by atoms with van der Waals surface area (Å²) in [6.07, 6.45) is 5.63. The van der Waals surface area contributed by atoms with Crippen molar-refractivity contribution in [3.8, 4) is 0 Å². The summed E-state index contributed by atoms with van der Waals surface area (Å²) in [5.41, 5.74) is 4.54. The van der Waals surface area contributed by atoms with Crippen LogP contribution in [0.3, 0.4) is 0 Å². The minimum atomic E-state index is 0.0981. The maximum Gasteiger partial charge on any atom is 0.0753 e. The summed E-state index contributed by atoms with van der Waals surface area (Å²) >= 11 is 0. The molecular weight excluding hydrogens is 246 g/mol. The highest BCUT2D eigenvalue weighted by Crippen LogP contribution is 2.27. The Morgan fingerprint density at radius 1 is 1.10 bits per heavy atom. The van der Waals surface area contributed by atoms with Gasteiger partial charge in [0.15, 0.2) is 0 Å². The molecule has 3 nitrogen and oxygen atoms in total. The van der Waals surface area contributed by atoms with Crippen LogP contribution in [0.15, 0.2) is 55.0 Å². The van der Waals surface area contributed by atoms with Gasteiger partial charge in [0, 0.05) is 24.0 Å². The molecule has 1 aromatic carbocycles. The van der Waals surface area contributed by atoms with E-state index in [0.717, 1.165) is 22.0 Å². The molecule has 3 rings (SSSR count). The summed E-state index contributed by atoms with van der Waals surface area (Å²) in [4.78, 5) is 8.84. The van der Waals surface area contributed by atoms with Crippen LogP contribution in [-0.2, 0) is 0 Å². The van der Waals surface area contributed by atoms with E-state index in [1.54, 1.807) is 0 Å². The van der Waals surface area contributed by atoms with Gasteiger partial charge in [-0.3, -0.25) is 9.97 Å². The third-order valence-corrected chi connectivity index (χ3v) is 3.49. The van der Waals surface area contributed by atoms with Crippen LogP contribution in [0, 0.1) is 6.92 Å². The molecule has 0 aliphatic heterocycles. The Balaban J connectivity index is 2.17. The Morgan fingerprint density at radius 2 is 1.95 bits per heavy atom. The van der Waals surface area contributed by atoms with Gasteiger partial charge >= 0.3 is 0 Å². The van der Waals surface area contributed by atoms with Crippen LogP contribution in [-0.4, -0.2) is 17.0 Å². The van der Waals surface area contributed by atoms with Gasteiger partial charge in [0.25, 0.3) is 0 Å². The van der Waals surface area contributed by atoms with Crippen molar-refractivity contribution in [2.24, 2.45) is 0 Å². The lowest BCUT2D eigenvalue weighted by atomic mass is 9.97. The Labute approximate surface area is 118 Å². The highest BCUT2D eigenvalue weighted by molar-refractivity contribution is 5.82. The Hall–Kier alpha value is -2.26. The molecule has 0 amide bonds. The van der Waals surface area contributed by atoms with Gasteiger partial charge in [-0.25, -0.2) is 0 Å². The number of fused-ring (bicyclic) bond motifs is 1. The van der Waals surface area contributed by atoms with E-state index in [4.69, 9.17) is 0 Å². The summed E-state index contributed by atoms with van der Waals surface area (Å²) in [5.74, 6) is 0. The van der Waals surface area contributed by atoms with Crippen molar-refractivity contribution in [1.29, 1.82) is 0 Å². The summed E-state index contributed by atoms with van der Waals surface area (Å²) in [6.45, 7) is 2.06. The van der Waals surface area contributed by atoms with Crippen molar-refractivity contribution in [2.75, 3.05) is 7.05 Å². The molecule has 0 saturated heterocycles. The maximum absolute atomic E-state index is 4.54. The number of para-hydroxylation sites is 1. The molecule has 100 valence electrons. The third kappa shape index (κ3) is 2.28. The van der Waals surface area contributed by atoms with Gasteiger partial charge in [-0.2, -0.15) is 0 Å². The quantitative estimate of drug-likeness (QED) is 0.788. The van der Waals surface area contributed by atoms with Crippen molar-refractivity contribution in [3.05, 3.63) is 71.7 Å². The number of nitrogens with zero attached hydrogens (tertiary/aromatic N) is 2. The zero-order valence-electron chi connectivity index (χ0n) is 11.7. The number of nitrogens with one attached hydrogen (secondary N) is 1. The Kier molecular flexibility index (Phi) is 3.44. The lowest BCUT2D eigenvalue weighted by Gasteiger charge is -2.18. The molecule has 0 aliphatic rings. The highest BCUT2D eigenvalue weighted by atomic mass is 14.9. The first-order chi connectivity index (χ1) is 9.79. The second kappa shape index (κ2) is 5.39.